The minimum Gasteiger partial charge on any atom is -0.395 e. The molecule has 0 aliphatic carbocycles. The van der Waals surface area contributed by atoms with Gasteiger partial charge in [0.05, 0.1) is 18.7 Å². The molecule has 0 aliphatic heterocycles. The fourth-order valence-electron chi connectivity index (χ4n) is 2.02. The SMILES string of the molecule is C=CCN(CCO)Cc1nc(-c2cccc(C(F)(F)F)c2)no1. The number of aliphatic hydroxyl groups excluding tert-OH is 1. The van der Waals surface area contributed by atoms with Gasteiger partial charge in [0.15, 0.2) is 0 Å². The molecule has 0 fully saturated rings. The number of halogens is 3. The first-order chi connectivity index (χ1) is 10.9. The van der Waals surface area contributed by atoms with Gasteiger partial charge in [0.25, 0.3) is 0 Å². The molecular formula is C15H16F3N3O2. The Kier molecular flexibility index (Phi) is 5.51. The Morgan fingerprint density at radius 2 is 2.13 bits per heavy atom. The molecule has 1 aromatic carbocycles. The average molecular weight is 327 g/mol. The average Bonchev–Trinajstić information content (AvgIpc) is 2.96. The largest absolute Gasteiger partial charge is 0.416 e. The number of rotatable bonds is 7. The molecule has 0 amide bonds. The van der Waals surface area contributed by atoms with Crippen LogP contribution in [0.5, 0.6) is 0 Å². The topological polar surface area (TPSA) is 62.4 Å². The van der Waals surface area contributed by atoms with Crippen LogP contribution in [0.25, 0.3) is 11.4 Å². The summed E-state index contributed by atoms with van der Waals surface area (Å²) in [5, 5.41) is 12.7. The molecule has 1 heterocycles. The zero-order valence-electron chi connectivity index (χ0n) is 12.3. The quantitative estimate of drug-likeness (QED) is 0.792. The Balaban J connectivity index is 2.17. The van der Waals surface area contributed by atoms with Crippen molar-refractivity contribution in [1.82, 2.24) is 15.0 Å². The van der Waals surface area contributed by atoms with Gasteiger partial charge in [-0.15, -0.1) is 6.58 Å². The van der Waals surface area contributed by atoms with Crippen LogP contribution >= 0.6 is 0 Å². The molecule has 0 saturated heterocycles. The van der Waals surface area contributed by atoms with Crippen LogP contribution in [-0.4, -0.2) is 39.8 Å². The summed E-state index contributed by atoms with van der Waals surface area (Å²) in [4.78, 5) is 5.92. The van der Waals surface area contributed by atoms with E-state index < -0.39 is 11.7 Å². The van der Waals surface area contributed by atoms with Gasteiger partial charge < -0.3 is 9.63 Å². The Morgan fingerprint density at radius 3 is 2.78 bits per heavy atom. The van der Waals surface area contributed by atoms with Gasteiger partial charge in [-0.2, -0.15) is 18.2 Å². The molecule has 23 heavy (non-hydrogen) atoms. The van der Waals surface area contributed by atoms with Crippen molar-refractivity contribution in [2.45, 2.75) is 12.7 Å². The monoisotopic (exact) mass is 327 g/mol. The summed E-state index contributed by atoms with van der Waals surface area (Å²) in [6, 6.07) is 4.74. The summed E-state index contributed by atoms with van der Waals surface area (Å²) in [5.41, 5.74) is -0.540. The van der Waals surface area contributed by atoms with Crippen molar-refractivity contribution < 1.29 is 22.8 Å². The van der Waals surface area contributed by atoms with Crippen molar-refractivity contribution in [3.8, 4) is 11.4 Å². The summed E-state index contributed by atoms with van der Waals surface area (Å²) < 4.78 is 43.2. The van der Waals surface area contributed by atoms with Crippen LogP contribution in [0.2, 0.25) is 0 Å². The lowest BCUT2D eigenvalue weighted by molar-refractivity contribution is -0.137. The van der Waals surface area contributed by atoms with Crippen molar-refractivity contribution >= 4 is 0 Å². The first-order valence-electron chi connectivity index (χ1n) is 6.88. The Labute approximate surface area is 131 Å². The fourth-order valence-corrected chi connectivity index (χ4v) is 2.02. The lowest BCUT2D eigenvalue weighted by Gasteiger charge is -2.16. The second-order valence-corrected chi connectivity index (χ2v) is 4.84. The summed E-state index contributed by atoms with van der Waals surface area (Å²) in [6.07, 6.45) is -2.76. The second-order valence-electron chi connectivity index (χ2n) is 4.84. The summed E-state index contributed by atoms with van der Waals surface area (Å²) in [7, 11) is 0. The van der Waals surface area contributed by atoms with E-state index in [-0.39, 0.29) is 30.4 Å². The van der Waals surface area contributed by atoms with Crippen molar-refractivity contribution in [3.05, 3.63) is 48.4 Å². The first kappa shape index (κ1) is 17.2. The van der Waals surface area contributed by atoms with Gasteiger partial charge in [-0.3, -0.25) is 4.90 Å². The maximum atomic E-state index is 12.7. The zero-order chi connectivity index (χ0) is 16.9. The van der Waals surface area contributed by atoms with Crippen LogP contribution in [0.1, 0.15) is 11.5 Å². The molecule has 0 bridgehead atoms. The van der Waals surface area contributed by atoms with Gasteiger partial charge in [-0.05, 0) is 12.1 Å². The third-order valence-electron chi connectivity index (χ3n) is 3.08. The van der Waals surface area contributed by atoms with Gasteiger partial charge >= 0.3 is 6.18 Å². The molecule has 5 nitrogen and oxygen atoms in total. The normalized spacial score (nSPS) is 11.9. The van der Waals surface area contributed by atoms with Crippen LogP contribution in [0.15, 0.2) is 41.4 Å². The molecule has 1 aromatic heterocycles. The van der Waals surface area contributed by atoms with Crippen molar-refractivity contribution in [2.75, 3.05) is 19.7 Å². The van der Waals surface area contributed by atoms with Crippen LogP contribution in [0, 0.1) is 0 Å². The van der Waals surface area contributed by atoms with E-state index in [1.54, 1.807) is 6.08 Å². The highest BCUT2D eigenvalue weighted by molar-refractivity contribution is 5.55. The highest BCUT2D eigenvalue weighted by Gasteiger charge is 2.30. The van der Waals surface area contributed by atoms with Gasteiger partial charge in [0.2, 0.25) is 11.7 Å². The van der Waals surface area contributed by atoms with Crippen LogP contribution < -0.4 is 0 Å². The van der Waals surface area contributed by atoms with E-state index in [9.17, 15) is 13.2 Å². The van der Waals surface area contributed by atoms with Crippen LogP contribution in [0.4, 0.5) is 13.2 Å². The van der Waals surface area contributed by atoms with E-state index in [0.717, 1.165) is 12.1 Å². The third kappa shape index (κ3) is 4.64. The van der Waals surface area contributed by atoms with Crippen LogP contribution in [0.3, 0.4) is 0 Å². The molecule has 2 aromatic rings. The first-order valence-corrected chi connectivity index (χ1v) is 6.88. The molecule has 0 aliphatic rings. The zero-order valence-corrected chi connectivity index (χ0v) is 12.3. The standard InChI is InChI=1S/C15H16F3N3O2/c1-2-6-21(7-8-22)10-13-19-14(20-23-13)11-4-3-5-12(9-11)15(16,17)18/h2-5,9,22H,1,6-8,10H2. The maximum absolute atomic E-state index is 12.7. The molecule has 1 N–H and O–H groups in total. The van der Waals surface area contributed by atoms with Crippen molar-refractivity contribution in [3.63, 3.8) is 0 Å². The number of alkyl halides is 3. The third-order valence-corrected chi connectivity index (χ3v) is 3.08. The summed E-state index contributed by atoms with van der Waals surface area (Å²) >= 11 is 0. The lowest BCUT2D eigenvalue weighted by atomic mass is 10.1. The van der Waals surface area contributed by atoms with E-state index in [1.807, 2.05) is 4.90 Å². The molecule has 8 heteroatoms. The summed E-state index contributed by atoms with van der Waals surface area (Å²) in [5.74, 6) is 0.348. The van der Waals surface area contributed by atoms with E-state index in [0.29, 0.717) is 13.1 Å². The van der Waals surface area contributed by atoms with E-state index in [1.165, 1.54) is 12.1 Å². The van der Waals surface area contributed by atoms with Gasteiger partial charge in [-0.25, -0.2) is 0 Å². The maximum Gasteiger partial charge on any atom is 0.416 e. The molecule has 0 spiro atoms. The number of aromatic nitrogens is 2. The number of benzene rings is 1. The fraction of sp³-hybridized carbons (Fsp3) is 0.333. The number of hydrogen-bond donors (Lipinski definition) is 1. The molecule has 0 unspecified atom stereocenters. The molecule has 0 saturated carbocycles. The van der Waals surface area contributed by atoms with E-state index in [2.05, 4.69) is 16.7 Å². The summed E-state index contributed by atoms with van der Waals surface area (Å²) in [6.45, 7) is 4.76. The van der Waals surface area contributed by atoms with Crippen molar-refractivity contribution in [2.24, 2.45) is 0 Å². The van der Waals surface area contributed by atoms with Crippen molar-refractivity contribution in [1.29, 1.82) is 0 Å². The smallest absolute Gasteiger partial charge is 0.395 e. The molecule has 124 valence electrons. The number of hydrogen-bond acceptors (Lipinski definition) is 5. The molecular weight excluding hydrogens is 311 g/mol. The molecule has 0 atom stereocenters. The predicted molar refractivity (Wildman–Crippen MR) is 77.3 cm³/mol. The molecule has 2 rings (SSSR count). The van der Waals surface area contributed by atoms with Gasteiger partial charge in [0, 0.05) is 18.7 Å². The van der Waals surface area contributed by atoms with E-state index >= 15 is 0 Å². The number of aliphatic hydroxyl groups is 1. The number of nitrogens with zero attached hydrogens (tertiary/aromatic N) is 3. The second kappa shape index (κ2) is 7.38. The van der Waals surface area contributed by atoms with E-state index in [4.69, 9.17) is 9.63 Å². The Bertz CT molecular complexity index is 655. The predicted octanol–water partition coefficient (Wildman–Crippen LogP) is 2.74. The highest BCUT2D eigenvalue weighted by Crippen LogP contribution is 2.31. The van der Waals surface area contributed by atoms with Gasteiger partial charge in [0.1, 0.15) is 0 Å². The van der Waals surface area contributed by atoms with Gasteiger partial charge in [-0.1, -0.05) is 23.4 Å². The Hall–Kier alpha value is -2.19. The highest BCUT2D eigenvalue weighted by atomic mass is 19.4. The molecule has 0 radical (unpaired) electrons. The minimum absolute atomic E-state index is 0.0392. The Morgan fingerprint density at radius 1 is 1.35 bits per heavy atom. The lowest BCUT2D eigenvalue weighted by Crippen LogP contribution is -2.26. The van der Waals surface area contributed by atoms with Crippen LogP contribution in [-0.2, 0) is 12.7 Å². The minimum atomic E-state index is -4.43.